The minimum absolute atomic E-state index is 0.646. The highest BCUT2D eigenvalue weighted by atomic mass is 32.1. The lowest BCUT2D eigenvalue weighted by Gasteiger charge is -2.11. The number of aromatic nitrogens is 2. The van der Waals surface area contributed by atoms with Crippen LogP contribution in [0.25, 0.3) is 130 Å². The molecule has 4 aromatic heterocycles. The topological polar surface area (TPSA) is 23.0 Å². The molecule has 1 aliphatic carbocycles. The molecule has 14 aromatic rings. The van der Waals surface area contributed by atoms with Crippen LogP contribution in [0.4, 0.5) is 0 Å². The standard InChI is InChI=1S/C65H44N2OS/c1-2-10-40(11-3-1)45-24-30-59-54(35-45)55-36-46(25-31-60(55)66(59)49-27-33-65-57(39-49)52-15-7-9-17-64(52)69-65)42-18-20-43(21-19-42)47-22-28-50-53-34-44(41-12-4-5-13-41)23-29-58(53)67(61(50)37-47)48-26-32-63-56(38-48)51-14-6-8-16-62(51)68-63/h1-3,6-11,14-39,41H,4-5,12-13H2. The monoisotopic (exact) mass is 900 g/mol. The number of furan rings is 1. The number of thiophene rings is 1. The van der Waals surface area contributed by atoms with E-state index < -0.39 is 0 Å². The molecule has 0 saturated heterocycles. The maximum absolute atomic E-state index is 6.28. The third-order valence-electron chi connectivity index (χ3n) is 15.3. The van der Waals surface area contributed by atoms with Crippen molar-refractivity contribution < 1.29 is 4.42 Å². The SMILES string of the molecule is c1ccc(-c2ccc3c(c2)c2cc(-c4ccc(-c5ccc6c7cc(C8CCCC8)ccc7n(-c7ccc8oc9ccccc9c8c7)c6c5)cc4)ccc2n3-c2ccc3sc4ccccc4c3c2)cc1. The quantitative estimate of drug-likeness (QED) is 0.163. The normalized spacial score (nSPS) is 13.5. The summed E-state index contributed by atoms with van der Waals surface area (Å²) in [6.45, 7) is 0. The minimum atomic E-state index is 0.646. The van der Waals surface area contributed by atoms with Crippen LogP contribution < -0.4 is 0 Å². The van der Waals surface area contributed by atoms with E-state index in [1.165, 1.54) is 134 Å². The van der Waals surface area contributed by atoms with Gasteiger partial charge in [0.25, 0.3) is 0 Å². The van der Waals surface area contributed by atoms with Gasteiger partial charge in [-0.25, -0.2) is 0 Å². The Morgan fingerprint density at radius 1 is 0.333 bits per heavy atom. The molecule has 1 aliphatic rings. The first-order valence-corrected chi connectivity index (χ1v) is 25.1. The predicted molar refractivity (Wildman–Crippen MR) is 293 cm³/mol. The lowest BCUT2D eigenvalue weighted by atomic mass is 9.95. The first kappa shape index (κ1) is 38.9. The van der Waals surface area contributed by atoms with Crippen LogP contribution in [-0.4, -0.2) is 9.13 Å². The summed E-state index contributed by atoms with van der Waals surface area (Å²) in [4.78, 5) is 0. The van der Waals surface area contributed by atoms with Gasteiger partial charge in [-0.1, -0.05) is 134 Å². The zero-order valence-corrected chi connectivity index (χ0v) is 38.6. The Morgan fingerprint density at radius 2 is 0.870 bits per heavy atom. The number of nitrogens with zero attached hydrogens (tertiary/aromatic N) is 2. The molecule has 0 radical (unpaired) electrons. The van der Waals surface area contributed by atoms with Crippen molar-refractivity contribution >= 4 is 97.1 Å². The molecule has 0 unspecified atom stereocenters. The van der Waals surface area contributed by atoms with Gasteiger partial charge in [-0.05, 0) is 149 Å². The Hall–Kier alpha value is -8.18. The molecule has 69 heavy (non-hydrogen) atoms. The molecule has 0 amide bonds. The second kappa shape index (κ2) is 15.2. The van der Waals surface area contributed by atoms with Crippen molar-refractivity contribution in [2.24, 2.45) is 0 Å². The number of rotatable bonds is 6. The van der Waals surface area contributed by atoms with Crippen LogP contribution in [-0.2, 0) is 0 Å². The second-order valence-corrected chi connectivity index (χ2v) is 20.2. The van der Waals surface area contributed by atoms with Gasteiger partial charge in [-0.2, -0.15) is 0 Å². The van der Waals surface area contributed by atoms with Crippen LogP contribution in [0.15, 0.2) is 217 Å². The maximum atomic E-state index is 6.28. The molecule has 0 spiro atoms. The van der Waals surface area contributed by atoms with E-state index in [0.29, 0.717) is 5.92 Å². The van der Waals surface area contributed by atoms with E-state index in [-0.39, 0.29) is 0 Å². The van der Waals surface area contributed by atoms with Crippen LogP contribution in [0.5, 0.6) is 0 Å². The van der Waals surface area contributed by atoms with E-state index in [0.717, 1.165) is 27.6 Å². The number of hydrogen-bond donors (Lipinski definition) is 0. The smallest absolute Gasteiger partial charge is 0.135 e. The highest BCUT2D eigenvalue weighted by Gasteiger charge is 2.22. The molecule has 0 bridgehead atoms. The average molecular weight is 901 g/mol. The van der Waals surface area contributed by atoms with E-state index in [1.807, 2.05) is 17.4 Å². The Morgan fingerprint density at radius 3 is 1.62 bits per heavy atom. The third kappa shape index (κ3) is 6.12. The molecule has 1 fully saturated rings. The lowest BCUT2D eigenvalue weighted by Crippen LogP contribution is -1.95. The molecule has 10 aromatic carbocycles. The van der Waals surface area contributed by atoms with E-state index in [4.69, 9.17) is 4.42 Å². The molecule has 0 N–H and O–H groups in total. The highest BCUT2D eigenvalue weighted by molar-refractivity contribution is 7.25. The number of para-hydroxylation sites is 1. The van der Waals surface area contributed by atoms with Crippen molar-refractivity contribution in [1.82, 2.24) is 9.13 Å². The molecule has 15 rings (SSSR count). The molecular weight excluding hydrogens is 857 g/mol. The zero-order chi connectivity index (χ0) is 45.2. The predicted octanol–water partition coefficient (Wildman–Crippen LogP) is 18.8. The van der Waals surface area contributed by atoms with Gasteiger partial charge in [0, 0.05) is 63.9 Å². The summed E-state index contributed by atoms with van der Waals surface area (Å²) in [7, 11) is 0. The largest absolute Gasteiger partial charge is 0.456 e. The number of fused-ring (bicyclic) bond motifs is 12. The molecule has 326 valence electrons. The van der Waals surface area contributed by atoms with E-state index >= 15 is 0 Å². The Balaban J connectivity index is 0.852. The number of benzene rings is 10. The van der Waals surface area contributed by atoms with Crippen LogP contribution in [0.3, 0.4) is 0 Å². The molecule has 4 heterocycles. The molecule has 0 aliphatic heterocycles. The summed E-state index contributed by atoms with van der Waals surface area (Å²) in [5.74, 6) is 0.646. The van der Waals surface area contributed by atoms with Crippen LogP contribution in [0, 0.1) is 0 Å². The summed E-state index contributed by atoms with van der Waals surface area (Å²) < 4.78 is 13.8. The summed E-state index contributed by atoms with van der Waals surface area (Å²) in [6, 6.07) is 79.0. The Bertz CT molecular complexity index is 4370. The van der Waals surface area contributed by atoms with E-state index in [9.17, 15) is 0 Å². The fourth-order valence-electron chi connectivity index (χ4n) is 11.9. The Kier molecular flexibility index (Phi) is 8.55. The zero-order valence-electron chi connectivity index (χ0n) is 37.8. The third-order valence-corrected chi connectivity index (χ3v) is 16.4. The van der Waals surface area contributed by atoms with E-state index in [1.54, 1.807) is 0 Å². The van der Waals surface area contributed by atoms with Crippen LogP contribution >= 0.6 is 11.3 Å². The van der Waals surface area contributed by atoms with E-state index in [2.05, 4.69) is 215 Å². The van der Waals surface area contributed by atoms with Gasteiger partial charge in [0.15, 0.2) is 0 Å². The van der Waals surface area contributed by atoms with Crippen molar-refractivity contribution in [2.75, 3.05) is 0 Å². The van der Waals surface area contributed by atoms with Crippen molar-refractivity contribution in [3.8, 4) is 44.8 Å². The highest BCUT2D eigenvalue weighted by Crippen LogP contribution is 2.43. The van der Waals surface area contributed by atoms with Gasteiger partial charge in [0.2, 0.25) is 0 Å². The van der Waals surface area contributed by atoms with Crippen LogP contribution in [0.1, 0.15) is 37.2 Å². The molecule has 3 nitrogen and oxygen atoms in total. The van der Waals surface area contributed by atoms with Gasteiger partial charge < -0.3 is 13.6 Å². The fraction of sp³-hybridized carbons (Fsp3) is 0.0769. The minimum Gasteiger partial charge on any atom is -0.456 e. The molecule has 0 atom stereocenters. The van der Waals surface area contributed by atoms with Crippen LogP contribution in [0.2, 0.25) is 0 Å². The number of hydrogen-bond acceptors (Lipinski definition) is 2. The summed E-state index contributed by atoms with van der Waals surface area (Å²) in [5, 5.41) is 10.0. The summed E-state index contributed by atoms with van der Waals surface area (Å²) >= 11 is 1.87. The lowest BCUT2D eigenvalue weighted by molar-refractivity contribution is 0.669. The summed E-state index contributed by atoms with van der Waals surface area (Å²) in [5.41, 5.74) is 17.7. The fourth-order valence-corrected chi connectivity index (χ4v) is 12.9. The molecule has 1 saturated carbocycles. The van der Waals surface area contributed by atoms with Crippen molar-refractivity contribution in [3.05, 3.63) is 218 Å². The van der Waals surface area contributed by atoms with Gasteiger partial charge in [-0.15, -0.1) is 11.3 Å². The van der Waals surface area contributed by atoms with Crippen molar-refractivity contribution in [3.63, 3.8) is 0 Å². The van der Waals surface area contributed by atoms with Gasteiger partial charge in [0.05, 0.1) is 22.1 Å². The maximum Gasteiger partial charge on any atom is 0.135 e. The first-order valence-electron chi connectivity index (χ1n) is 24.3. The molecule has 4 heteroatoms. The first-order chi connectivity index (χ1) is 34.2. The van der Waals surface area contributed by atoms with Gasteiger partial charge in [0.1, 0.15) is 11.2 Å². The Labute approximate surface area is 402 Å². The van der Waals surface area contributed by atoms with Crippen molar-refractivity contribution in [1.29, 1.82) is 0 Å². The molecular formula is C65H44N2OS. The van der Waals surface area contributed by atoms with Gasteiger partial charge >= 0.3 is 0 Å². The van der Waals surface area contributed by atoms with Gasteiger partial charge in [-0.3, -0.25) is 0 Å². The summed E-state index contributed by atoms with van der Waals surface area (Å²) in [6.07, 6.45) is 5.21. The average Bonchev–Trinajstić information content (AvgIpc) is 4.26. The van der Waals surface area contributed by atoms with Crippen molar-refractivity contribution in [2.45, 2.75) is 31.6 Å². The second-order valence-electron chi connectivity index (χ2n) is 19.1.